The second kappa shape index (κ2) is 9.00. The van der Waals surface area contributed by atoms with Crippen LogP contribution in [0, 0.1) is 0 Å². The maximum absolute atomic E-state index is 6.41. The molecule has 0 aliphatic heterocycles. The number of hydrogen-bond donors (Lipinski definition) is 1. The summed E-state index contributed by atoms with van der Waals surface area (Å²) in [5.41, 5.74) is 11.8. The van der Waals surface area contributed by atoms with Crippen molar-refractivity contribution >= 4 is 25.3 Å². The van der Waals surface area contributed by atoms with Crippen molar-refractivity contribution in [1.29, 1.82) is 0 Å². The van der Waals surface area contributed by atoms with Crippen molar-refractivity contribution in [3.05, 3.63) is 72.9 Å². The Labute approximate surface area is 211 Å². The molecule has 0 atom stereocenters. The molecule has 0 bridgehead atoms. The molecule has 0 radical (unpaired) electrons. The average Bonchev–Trinajstić information content (AvgIpc) is 3.51. The topological polar surface area (TPSA) is 105 Å². The van der Waals surface area contributed by atoms with E-state index in [1.165, 1.54) is 6.39 Å². The third-order valence-electron chi connectivity index (χ3n) is 6.88. The summed E-state index contributed by atoms with van der Waals surface area (Å²) in [5.74, 6) is 1.08. The van der Waals surface area contributed by atoms with Gasteiger partial charge in [0.05, 0.1) is 17.9 Å². The fraction of sp³-hybridized carbons (Fsp3) is 0.259. The number of nitrogen functional groups attached to an aromatic ring is 1. The average molecular weight is 499 g/mol. The molecule has 0 amide bonds. The number of imidazole rings is 1. The fourth-order valence-corrected chi connectivity index (χ4v) is 4.65. The minimum absolute atomic E-state index is 0.161. The van der Waals surface area contributed by atoms with Crippen LogP contribution in [0.5, 0.6) is 0 Å². The first-order chi connectivity index (χ1) is 17.1. The highest BCUT2D eigenvalue weighted by Crippen LogP contribution is 2.37. The second-order valence-corrected chi connectivity index (χ2v) is 15.1. The Morgan fingerprint density at radius 3 is 2.42 bits per heavy atom. The van der Waals surface area contributed by atoms with Crippen molar-refractivity contribution in [2.24, 2.45) is 0 Å². The molecule has 1 aromatic carbocycles. The van der Waals surface area contributed by atoms with Crippen molar-refractivity contribution in [2.75, 3.05) is 5.73 Å². The van der Waals surface area contributed by atoms with Crippen molar-refractivity contribution in [1.82, 2.24) is 24.5 Å². The molecule has 0 aliphatic carbocycles. The highest BCUT2D eigenvalue weighted by molar-refractivity contribution is 6.74. The van der Waals surface area contributed by atoms with Crippen molar-refractivity contribution in [2.45, 2.75) is 45.5 Å². The molecule has 9 heteroatoms. The van der Waals surface area contributed by atoms with Crippen LogP contribution in [0.4, 0.5) is 5.82 Å². The lowest BCUT2D eigenvalue weighted by atomic mass is 10.2. The van der Waals surface area contributed by atoms with E-state index in [4.69, 9.17) is 24.5 Å². The summed E-state index contributed by atoms with van der Waals surface area (Å²) in [6.07, 6.45) is 4.64. The summed E-state index contributed by atoms with van der Waals surface area (Å²) in [5, 5.41) is 0.161. The van der Waals surface area contributed by atoms with Crippen LogP contribution in [0.2, 0.25) is 18.1 Å². The Kier molecular flexibility index (Phi) is 5.97. The van der Waals surface area contributed by atoms with Gasteiger partial charge in [-0.1, -0.05) is 32.9 Å². The molecule has 0 unspecified atom stereocenters. The molecule has 0 spiro atoms. The van der Waals surface area contributed by atoms with Crippen LogP contribution in [0.15, 0.2) is 71.8 Å². The fourth-order valence-electron chi connectivity index (χ4n) is 3.69. The summed E-state index contributed by atoms with van der Waals surface area (Å²) in [7, 11) is -1.84. The third kappa shape index (κ3) is 4.43. The van der Waals surface area contributed by atoms with Crippen LogP contribution < -0.4 is 5.73 Å². The van der Waals surface area contributed by atoms with Gasteiger partial charge in [-0.25, -0.2) is 19.9 Å². The highest BCUT2D eigenvalue weighted by Gasteiger charge is 2.37. The first kappa shape index (κ1) is 23.9. The predicted octanol–water partition coefficient (Wildman–Crippen LogP) is 6.24. The normalized spacial score (nSPS) is 12.4. The first-order valence-electron chi connectivity index (χ1n) is 11.9. The molecule has 2 N–H and O–H groups in total. The molecule has 0 fully saturated rings. The van der Waals surface area contributed by atoms with Gasteiger partial charge in [0.15, 0.2) is 26.2 Å². The van der Waals surface area contributed by atoms with Gasteiger partial charge in [-0.05, 0) is 60.1 Å². The molecule has 4 aromatic heterocycles. The lowest BCUT2D eigenvalue weighted by molar-refractivity contribution is 0.276. The maximum atomic E-state index is 6.41. The molecule has 0 saturated heterocycles. The first-order valence-corrected chi connectivity index (χ1v) is 14.8. The van der Waals surface area contributed by atoms with E-state index in [1.807, 2.05) is 28.8 Å². The van der Waals surface area contributed by atoms with Crippen LogP contribution in [-0.2, 0) is 11.0 Å². The van der Waals surface area contributed by atoms with E-state index < -0.39 is 8.32 Å². The monoisotopic (exact) mass is 498 g/mol. The minimum Gasteiger partial charge on any atom is -0.451 e. The molecule has 0 saturated carbocycles. The molecule has 5 aromatic rings. The van der Waals surface area contributed by atoms with E-state index in [1.54, 1.807) is 12.5 Å². The lowest BCUT2D eigenvalue weighted by Crippen LogP contribution is -2.40. The number of fused-ring (bicyclic) bond motifs is 1. The van der Waals surface area contributed by atoms with Gasteiger partial charge < -0.3 is 14.6 Å². The number of nitrogens with two attached hydrogens (primary N) is 1. The predicted molar refractivity (Wildman–Crippen MR) is 144 cm³/mol. The number of benzene rings is 1. The number of rotatable bonds is 6. The lowest BCUT2D eigenvalue weighted by Gasteiger charge is -2.36. The van der Waals surface area contributed by atoms with Crippen LogP contribution >= 0.6 is 0 Å². The Morgan fingerprint density at radius 1 is 0.972 bits per heavy atom. The summed E-state index contributed by atoms with van der Waals surface area (Å²) in [6.45, 7) is 11.9. The highest BCUT2D eigenvalue weighted by atomic mass is 28.4. The molecule has 36 heavy (non-hydrogen) atoms. The van der Waals surface area contributed by atoms with Crippen LogP contribution in [0.25, 0.3) is 39.6 Å². The number of nitrogens with zero attached hydrogens (tertiary/aromatic N) is 5. The van der Waals surface area contributed by atoms with E-state index >= 15 is 0 Å². The quantitative estimate of drug-likeness (QED) is 0.276. The smallest absolute Gasteiger partial charge is 0.192 e. The molecule has 4 heterocycles. The molecular weight excluding hydrogens is 468 g/mol. The Bertz CT molecular complexity index is 1500. The van der Waals surface area contributed by atoms with Crippen molar-refractivity contribution < 1.29 is 8.84 Å². The van der Waals surface area contributed by atoms with Crippen LogP contribution in [-0.4, -0.2) is 32.8 Å². The molecule has 0 aliphatic rings. The Balaban J connectivity index is 1.58. The molecule has 5 rings (SSSR count). The van der Waals surface area contributed by atoms with Crippen LogP contribution in [0.1, 0.15) is 26.3 Å². The van der Waals surface area contributed by atoms with Gasteiger partial charge in [-0.15, -0.1) is 0 Å². The minimum atomic E-state index is -1.84. The van der Waals surface area contributed by atoms with E-state index in [9.17, 15) is 0 Å². The van der Waals surface area contributed by atoms with Gasteiger partial charge in [0.1, 0.15) is 23.3 Å². The van der Waals surface area contributed by atoms with Gasteiger partial charge in [0.25, 0.3) is 0 Å². The summed E-state index contributed by atoms with van der Waals surface area (Å²) < 4.78 is 13.6. The largest absolute Gasteiger partial charge is 0.451 e. The SMILES string of the molecule is CC(C)(C)[Si](C)(C)OCc1ccc(-n2c(-c3cccnc3N)nc3ccc(-c4cocn4)nc32)cc1. The Hall–Kier alpha value is -3.82. The zero-order valence-electron chi connectivity index (χ0n) is 21.2. The standard InChI is InChI=1S/C27H30N6O2Si/c1-27(2,3)36(4,5)35-15-18-8-10-19(11-9-18)33-25(20-7-6-14-29-24(20)28)32-22-13-12-21(31-26(22)33)23-16-34-17-30-23/h6-14,16-17H,15H2,1-5H3,(H2,28,29). The second-order valence-electron chi connectivity index (χ2n) is 10.3. The zero-order valence-corrected chi connectivity index (χ0v) is 22.2. The summed E-state index contributed by atoms with van der Waals surface area (Å²) in [4.78, 5) is 18.3. The van der Waals surface area contributed by atoms with Crippen LogP contribution in [0.3, 0.4) is 0 Å². The van der Waals surface area contributed by atoms with Gasteiger partial charge >= 0.3 is 0 Å². The Morgan fingerprint density at radius 2 is 1.75 bits per heavy atom. The van der Waals surface area contributed by atoms with Gasteiger partial charge in [0.2, 0.25) is 0 Å². The molecule has 8 nitrogen and oxygen atoms in total. The van der Waals surface area contributed by atoms with Gasteiger partial charge in [-0.3, -0.25) is 4.57 Å². The number of anilines is 1. The van der Waals surface area contributed by atoms with E-state index in [-0.39, 0.29) is 5.04 Å². The number of pyridine rings is 2. The van der Waals surface area contributed by atoms with Gasteiger partial charge in [0, 0.05) is 11.9 Å². The van der Waals surface area contributed by atoms with Gasteiger partial charge in [-0.2, -0.15) is 0 Å². The maximum Gasteiger partial charge on any atom is 0.192 e. The summed E-state index contributed by atoms with van der Waals surface area (Å²) in [6, 6.07) is 15.9. The number of oxazole rings is 1. The van der Waals surface area contributed by atoms with Crippen molar-refractivity contribution in [3.63, 3.8) is 0 Å². The van der Waals surface area contributed by atoms with E-state index in [0.717, 1.165) is 22.3 Å². The zero-order chi connectivity index (χ0) is 25.5. The van der Waals surface area contributed by atoms with E-state index in [0.29, 0.717) is 35.3 Å². The van der Waals surface area contributed by atoms with E-state index in [2.05, 4.69) is 68.1 Å². The molecule has 184 valence electrons. The summed E-state index contributed by atoms with van der Waals surface area (Å²) >= 11 is 0. The number of aromatic nitrogens is 5. The van der Waals surface area contributed by atoms with Crippen molar-refractivity contribution in [3.8, 4) is 28.5 Å². The third-order valence-corrected chi connectivity index (χ3v) is 11.4. The molecular formula is C27H30N6O2Si. The number of hydrogen-bond acceptors (Lipinski definition) is 7.